The number of ether oxygens (including phenoxy) is 2. The normalized spacial score (nSPS) is 23.6. The number of hydrogen-bond acceptors (Lipinski definition) is 4. The number of aliphatic hydroxyl groups excluding tert-OH is 1. The van der Waals surface area contributed by atoms with E-state index < -0.39 is 5.79 Å². The minimum atomic E-state index is -0.464. The third kappa shape index (κ3) is 5.25. The Morgan fingerprint density at radius 2 is 1.88 bits per heavy atom. The summed E-state index contributed by atoms with van der Waals surface area (Å²) in [6.07, 6.45) is 0.544. The van der Waals surface area contributed by atoms with E-state index in [1.807, 2.05) is 13.8 Å². The van der Waals surface area contributed by atoms with Gasteiger partial charge >= 0.3 is 0 Å². The average Bonchev–Trinajstić information content (AvgIpc) is 2.15. The average molecular weight is 231 g/mol. The molecule has 1 unspecified atom stereocenters. The van der Waals surface area contributed by atoms with Gasteiger partial charge in [-0.05, 0) is 26.2 Å². The number of aliphatic hydroxyl groups is 1. The fraction of sp³-hybridized carbons (Fsp3) is 1.00. The second kappa shape index (κ2) is 5.96. The molecule has 0 spiro atoms. The molecule has 1 rings (SSSR count). The highest BCUT2D eigenvalue weighted by Crippen LogP contribution is 2.16. The van der Waals surface area contributed by atoms with E-state index >= 15 is 0 Å². The summed E-state index contributed by atoms with van der Waals surface area (Å²) >= 11 is 0. The highest BCUT2D eigenvalue weighted by molar-refractivity contribution is 4.74. The maximum atomic E-state index is 9.71. The largest absolute Gasteiger partial charge is 0.392 e. The molecule has 96 valence electrons. The number of hydrogen-bond donors (Lipinski definition) is 2. The minimum absolute atomic E-state index is 0.190. The molecule has 1 aliphatic rings. The zero-order chi connectivity index (χ0) is 12.2. The van der Waals surface area contributed by atoms with Crippen LogP contribution in [0, 0.1) is 5.92 Å². The van der Waals surface area contributed by atoms with Crippen molar-refractivity contribution in [2.75, 3.05) is 19.8 Å². The van der Waals surface area contributed by atoms with Crippen molar-refractivity contribution in [1.29, 1.82) is 0 Å². The van der Waals surface area contributed by atoms with Crippen LogP contribution >= 0.6 is 0 Å². The summed E-state index contributed by atoms with van der Waals surface area (Å²) in [5.41, 5.74) is 0. The topological polar surface area (TPSA) is 50.7 Å². The van der Waals surface area contributed by atoms with Gasteiger partial charge < -0.3 is 19.9 Å². The lowest BCUT2D eigenvalue weighted by atomic mass is 10.1. The van der Waals surface area contributed by atoms with E-state index in [2.05, 4.69) is 19.2 Å². The highest BCUT2D eigenvalue weighted by Gasteiger charge is 2.28. The third-order valence-electron chi connectivity index (χ3n) is 2.65. The first-order valence-corrected chi connectivity index (χ1v) is 6.08. The smallest absolute Gasteiger partial charge is 0.162 e. The van der Waals surface area contributed by atoms with Crippen LogP contribution in [0.15, 0.2) is 0 Å². The van der Waals surface area contributed by atoms with Gasteiger partial charge in [-0.3, -0.25) is 0 Å². The number of nitrogens with one attached hydrogen (secondary N) is 1. The Labute approximate surface area is 98.3 Å². The number of rotatable bonds is 5. The summed E-state index contributed by atoms with van der Waals surface area (Å²) in [6, 6.07) is 0.190. The zero-order valence-electron chi connectivity index (χ0n) is 10.8. The lowest BCUT2D eigenvalue weighted by Crippen LogP contribution is -2.50. The summed E-state index contributed by atoms with van der Waals surface area (Å²) < 4.78 is 11.0. The Balaban J connectivity index is 2.15. The molecular weight excluding hydrogens is 206 g/mol. The van der Waals surface area contributed by atoms with Crippen molar-refractivity contribution >= 4 is 0 Å². The second-order valence-corrected chi connectivity index (χ2v) is 5.41. The lowest BCUT2D eigenvalue weighted by Gasteiger charge is -2.35. The quantitative estimate of drug-likeness (QED) is 0.745. The van der Waals surface area contributed by atoms with Gasteiger partial charge in [0, 0.05) is 6.54 Å². The van der Waals surface area contributed by atoms with Gasteiger partial charge in [0.1, 0.15) is 0 Å². The van der Waals surface area contributed by atoms with Crippen molar-refractivity contribution in [1.82, 2.24) is 5.32 Å². The van der Waals surface area contributed by atoms with Crippen molar-refractivity contribution in [3.8, 4) is 0 Å². The van der Waals surface area contributed by atoms with Gasteiger partial charge in [0.2, 0.25) is 0 Å². The van der Waals surface area contributed by atoms with E-state index in [0.29, 0.717) is 25.7 Å². The molecule has 0 aromatic carbocycles. The molecule has 1 fully saturated rings. The van der Waals surface area contributed by atoms with Crippen LogP contribution in [0.4, 0.5) is 0 Å². The fourth-order valence-corrected chi connectivity index (χ4v) is 1.74. The second-order valence-electron chi connectivity index (χ2n) is 5.41. The molecule has 4 nitrogen and oxygen atoms in total. The molecule has 0 bridgehead atoms. The van der Waals surface area contributed by atoms with Crippen molar-refractivity contribution in [3.63, 3.8) is 0 Å². The summed E-state index contributed by atoms with van der Waals surface area (Å²) in [4.78, 5) is 0. The summed E-state index contributed by atoms with van der Waals surface area (Å²) in [7, 11) is 0. The first-order valence-electron chi connectivity index (χ1n) is 6.08. The van der Waals surface area contributed by atoms with Crippen molar-refractivity contribution in [2.24, 2.45) is 5.92 Å². The zero-order valence-corrected chi connectivity index (χ0v) is 10.8. The predicted molar refractivity (Wildman–Crippen MR) is 63.2 cm³/mol. The van der Waals surface area contributed by atoms with E-state index in [-0.39, 0.29) is 12.1 Å². The Morgan fingerprint density at radius 3 is 2.38 bits per heavy atom. The molecule has 1 heterocycles. The van der Waals surface area contributed by atoms with Crippen molar-refractivity contribution in [3.05, 3.63) is 0 Å². The maximum absolute atomic E-state index is 9.71. The van der Waals surface area contributed by atoms with Crippen molar-refractivity contribution < 1.29 is 14.6 Å². The van der Waals surface area contributed by atoms with Crippen LogP contribution in [0.25, 0.3) is 0 Å². The van der Waals surface area contributed by atoms with Crippen molar-refractivity contribution in [2.45, 2.75) is 52.0 Å². The SMILES string of the molecule is CC(C)CC(O)CNC1COC(C)(C)OC1. The van der Waals surface area contributed by atoms with Crippen LogP contribution in [0.3, 0.4) is 0 Å². The Morgan fingerprint density at radius 1 is 1.31 bits per heavy atom. The Bertz CT molecular complexity index is 196. The van der Waals surface area contributed by atoms with Gasteiger partial charge in [0.25, 0.3) is 0 Å². The highest BCUT2D eigenvalue weighted by atomic mass is 16.7. The van der Waals surface area contributed by atoms with Crippen LogP contribution in [-0.2, 0) is 9.47 Å². The van der Waals surface area contributed by atoms with Crippen LogP contribution < -0.4 is 5.32 Å². The third-order valence-corrected chi connectivity index (χ3v) is 2.65. The molecule has 2 N–H and O–H groups in total. The fourth-order valence-electron chi connectivity index (χ4n) is 1.74. The summed E-state index contributed by atoms with van der Waals surface area (Å²) in [5, 5.41) is 13.0. The standard InChI is InChI=1S/C12H25NO3/c1-9(2)5-11(14)6-13-10-7-15-12(3,4)16-8-10/h9-11,13-14H,5-8H2,1-4H3. The first kappa shape index (κ1) is 13.9. The van der Waals surface area contributed by atoms with Gasteiger partial charge in [-0.15, -0.1) is 0 Å². The molecule has 1 aliphatic heterocycles. The molecule has 0 amide bonds. The minimum Gasteiger partial charge on any atom is -0.392 e. The Hall–Kier alpha value is -0.160. The molecule has 4 heteroatoms. The van der Waals surface area contributed by atoms with Crippen LogP contribution in [-0.4, -0.2) is 42.8 Å². The molecule has 0 aliphatic carbocycles. The molecule has 16 heavy (non-hydrogen) atoms. The lowest BCUT2D eigenvalue weighted by molar-refractivity contribution is -0.253. The summed E-state index contributed by atoms with van der Waals surface area (Å²) in [5.74, 6) is 0.0592. The first-order chi connectivity index (χ1) is 7.39. The van der Waals surface area contributed by atoms with Gasteiger partial charge in [-0.1, -0.05) is 13.8 Å². The monoisotopic (exact) mass is 231 g/mol. The molecule has 0 aromatic rings. The Kier molecular flexibility index (Phi) is 5.18. The van der Waals surface area contributed by atoms with E-state index in [1.54, 1.807) is 0 Å². The predicted octanol–water partition coefficient (Wildman–Crippen LogP) is 1.13. The van der Waals surface area contributed by atoms with Crippen LogP contribution in [0.2, 0.25) is 0 Å². The van der Waals surface area contributed by atoms with E-state index in [1.165, 1.54) is 0 Å². The maximum Gasteiger partial charge on any atom is 0.162 e. The van der Waals surface area contributed by atoms with Gasteiger partial charge in [0.15, 0.2) is 5.79 Å². The van der Waals surface area contributed by atoms with Crippen LogP contribution in [0.1, 0.15) is 34.1 Å². The van der Waals surface area contributed by atoms with Gasteiger partial charge in [0.05, 0.1) is 25.4 Å². The van der Waals surface area contributed by atoms with Gasteiger partial charge in [-0.25, -0.2) is 0 Å². The van der Waals surface area contributed by atoms with E-state index in [4.69, 9.17) is 9.47 Å². The molecule has 0 radical (unpaired) electrons. The molecule has 1 saturated heterocycles. The molecule has 0 saturated carbocycles. The van der Waals surface area contributed by atoms with E-state index in [9.17, 15) is 5.11 Å². The molecular formula is C12H25NO3. The molecule has 1 atom stereocenters. The van der Waals surface area contributed by atoms with Crippen LogP contribution in [0.5, 0.6) is 0 Å². The summed E-state index contributed by atoms with van der Waals surface area (Å²) in [6.45, 7) is 9.93. The molecule has 0 aromatic heterocycles. The van der Waals surface area contributed by atoms with E-state index in [0.717, 1.165) is 6.42 Å². The van der Waals surface area contributed by atoms with Gasteiger partial charge in [-0.2, -0.15) is 0 Å².